The van der Waals surface area contributed by atoms with E-state index in [4.69, 9.17) is 9.26 Å². The number of nitrogens with one attached hydrogen (secondary N) is 1. The second kappa shape index (κ2) is 8.01. The van der Waals surface area contributed by atoms with Gasteiger partial charge in [0.2, 0.25) is 5.91 Å². The Labute approximate surface area is 138 Å². The van der Waals surface area contributed by atoms with Crippen LogP contribution in [0.1, 0.15) is 24.7 Å². The summed E-state index contributed by atoms with van der Waals surface area (Å²) >= 11 is 1.43. The van der Waals surface area contributed by atoms with Crippen LogP contribution in [0.3, 0.4) is 0 Å². The summed E-state index contributed by atoms with van der Waals surface area (Å²) in [6.07, 6.45) is 0.644. The highest BCUT2D eigenvalue weighted by Gasteiger charge is 2.19. The third kappa shape index (κ3) is 4.72. The van der Waals surface area contributed by atoms with Crippen LogP contribution in [0.25, 0.3) is 0 Å². The van der Waals surface area contributed by atoms with E-state index in [1.807, 2.05) is 6.92 Å². The summed E-state index contributed by atoms with van der Waals surface area (Å²) in [7, 11) is 1.54. The maximum Gasteiger partial charge on any atom is 0.238 e. The van der Waals surface area contributed by atoms with Gasteiger partial charge in [0, 0.05) is 17.4 Å². The number of carbonyl (C=O) groups excluding carboxylic acids is 1. The monoisotopic (exact) mass is 338 g/mol. The van der Waals surface area contributed by atoms with E-state index in [0.29, 0.717) is 29.5 Å². The van der Waals surface area contributed by atoms with E-state index in [-0.39, 0.29) is 17.0 Å². The zero-order valence-corrected chi connectivity index (χ0v) is 14.1. The van der Waals surface area contributed by atoms with E-state index in [1.165, 1.54) is 23.9 Å². The fraction of sp³-hybridized carbons (Fsp3) is 0.375. The Hall–Kier alpha value is -2.02. The SMILES string of the molecule is CCC(SCc1cc(F)ccc1OC)C(=O)Nc1cc(C)on1. The number of nitrogens with zero attached hydrogens (tertiary/aromatic N) is 1. The van der Waals surface area contributed by atoms with Crippen molar-refractivity contribution in [3.05, 3.63) is 41.4 Å². The van der Waals surface area contributed by atoms with E-state index in [1.54, 1.807) is 26.2 Å². The number of aryl methyl sites for hydroxylation is 1. The molecule has 23 heavy (non-hydrogen) atoms. The van der Waals surface area contributed by atoms with E-state index in [2.05, 4.69) is 10.5 Å². The quantitative estimate of drug-likeness (QED) is 0.832. The highest BCUT2D eigenvalue weighted by molar-refractivity contribution is 7.99. The average molecular weight is 338 g/mol. The maximum atomic E-state index is 13.4. The van der Waals surface area contributed by atoms with Crippen LogP contribution < -0.4 is 10.1 Å². The van der Waals surface area contributed by atoms with E-state index < -0.39 is 0 Å². The van der Waals surface area contributed by atoms with Gasteiger partial charge in [-0.3, -0.25) is 4.79 Å². The third-order valence-corrected chi connectivity index (χ3v) is 4.65. The Kier molecular flexibility index (Phi) is 6.04. The summed E-state index contributed by atoms with van der Waals surface area (Å²) in [4.78, 5) is 12.3. The van der Waals surface area contributed by atoms with Gasteiger partial charge < -0.3 is 14.6 Å². The Balaban J connectivity index is 1.99. The van der Waals surface area contributed by atoms with Gasteiger partial charge in [-0.15, -0.1) is 11.8 Å². The smallest absolute Gasteiger partial charge is 0.238 e. The molecule has 7 heteroatoms. The third-order valence-electron chi connectivity index (χ3n) is 3.22. The minimum Gasteiger partial charge on any atom is -0.496 e. The van der Waals surface area contributed by atoms with Crippen molar-refractivity contribution in [1.29, 1.82) is 0 Å². The molecule has 5 nitrogen and oxygen atoms in total. The lowest BCUT2D eigenvalue weighted by Gasteiger charge is -2.15. The van der Waals surface area contributed by atoms with Crippen molar-refractivity contribution in [2.24, 2.45) is 0 Å². The molecule has 0 saturated carbocycles. The molecule has 2 aromatic rings. The van der Waals surface area contributed by atoms with Gasteiger partial charge in [-0.05, 0) is 31.5 Å². The first-order valence-corrected chi connectivity index (χ1v) is 8.26. The zero-order chi connectivity index (χ0) is 16.8. The molecule has 0 fully saturated rings. The van der Waals surface area contributed by atoms with Crippen molar-refractivity contribution < 1.29 is 18.4 Å². The van der Waals surface area contributed by atoms with Crippen LogP contribution in [0.2, 0.25) is 0 Å². The summed E-state index contributed by atoms with van der Waals surface area (Å²) < 4.78 is 23.5. The largest absolute Gasteiger partial charge is 0.496 e. The Morgan fingerprint density at radius 3 is 2.87 bits per heavy atom. The Bertz CT molecular complexity index is 675. The van der Waals surface area contributed by atoms with Crippen molar-refractivity contribution >= 4 is 23.5 Å². The molecular formula is C16H19FN2O3S. The number of anilines is 1. The topological polar surface area (TPSA) is 64.4 Å². The Morgan fingerprint density at radius 2 is 2.26 bits per heavy atom. The number of aromatic nitrogens is 1. The predicted octanol–water partition coefficient (Wildman–Crippen LogP) is 3.78. The lowest BCUT2D eigenvalue weighted by molar-refractivity contribution is -0.115. The molecule has 0 radical (unpaired) electrons. The summed E-state index contributed by atoms with van der Waals surface area (Å²) in [6, 6.07) is 6.02. The molecule has 1 N–H and O–H groups in total. The van der Waals surface area contributed by atoms with Crippen molar-refractivity contribution in [2.45, 2.75) is 31.3 Å². The molecule has 0 aliphatic heterocycles. The summed E-state index contributed by atoms with van der Waals surface area (Å²) in [5.41, 5.74) is 0.723. The van der Waals surface area contributed by atoms with Gasteiger partial charge in [-0.1, -0.05) is 12.1 Å². The van der Waals surface area contributed by atoms with Crippen molar-refractivity contribution in [2.75, 3.05) is 12.4 Å². The molecule has 124 valence electrons. The number of ether oxygens (including phenoxy) is 1. The zero-order valence-electron chi connectivity index (χ0n) is 13.3. The number of hydrogen-bond acceptors (Lipinski definition) is 5. The van der Waals surface area contributed by atoms with Crippen molar-refractivity contribution in [1.82, 2.24) is 5.16 Å². The minimum atomic E-state index is -0.322. The average Bonchev–Trinajstić information content (AvgIpc) is 2.93. The first kappa shape index (κ1) is 17.3. The summed E-state index contributed by atoms with van der Waals surface area (Å²) in [6.45, 7) is 3.68. The van der Waals surface area contributed by atoms with Crippen LogP contribution in [0.5, 0.6) is 5.75 Å². The molecule has 1 unspecified atom stereocenters. The predicted molar refractivity (Wildman–Crippen MR) is 88.2 cm³/mol. The van der Waals surface area contributed by atoms with Crippen LogP contribution in [0, 0.1) is 12.7 Å². The van der Waals surface area contributed by atoms with Crippen LogP contribution in [-0.4, -0.2) is 23.4 Å². The van der Waals surface area contributed by atoms with Gasteiger partial charge in [-0.25, -0.2) is 4.39 Å². The fourth-order valence-electron chi connectivity index (χ4n) is 2.06. The second-order valence-electron chi connectivity index (χ2n) is 4.98. The standard InChI is InChI=1S/C16H19FN2O3S/c1-4-14(16(20)18-15-7-10(2)22-19-15)23-9-11-8-12(17)5-6-13(11)21-3/h5-8,14H,4,9H2,1-3H3,(H,18,19,20). The molecule has 0 spiro atoms. The van der Waals surface area contributed by atoms with Gasteiger partial charge in [-0.2, -0.15) is 0 Å². The highest BCUT2D eigenvalue weighted by Crippen LogP contribution is 2.28. The molecule has 0 bridgehead atoms. The number of rotatable bonds is 7. The normalized spacial score (nSPS) is 12.0. The van der Waals surface area contributed by atoms with Gasteiger partial charge in [0.25, 0.3) is 0 Å². The molecule has 0 aliphatic rings. The van der Waals surface area contributed by atoms with Crippen LogP contribution in [0.4, 0.5) is 10.2 Å². The fourth-order valence-corrected chi connectivity index (χ4v) is 3.11. The molecule has 1 aromatic heterocycles. The second-order valence-corrected chi connectivity index (χ2v) is 6.17. The van der Waals surface area contributed by atoms with E-state index in [9.17, 15) is 9.18 Å². The number of hydrogen-bond donors (Lipinski definition) is 1. The molecular weight excluding hydrogens is 319 g/mol. The highest BCUT2D eigenvalue weighted by atomic mass is 32.2. The van der Waals surface area contributed by atoms with Crippen LogP contribution in [0.15, 0.2) is 28.8 Å². The first-order chi connectivity index (χ1) is 11.0. The first-order valence-electron chi connectivity index (χ1n) is 7.21. The van der Waals surface area contributed by atoms with Gasteiger partial charge in [0.1, 0.15) is 17.3 Å². The van der Waals surface area contributed by atoms with Crippen LogP contribution in [-0.2, 0) is 10.5 Å². The van der Waals surface area contributed by atoms with Crippen molar-refractivity contribution in [3.8, 4) is 5.75 Å². The minimum absolute atomic E-state index is 0.152. The summed E-state index contributed by atoms with van der Waals surface area (Å²) in [5, 5.41) is 6.19. The molecule has 1 aromatic carbocycles. The van der Waals surface area contributed by atoms with Gasteiger partial charge >= 0.3 is 0 Å². The number of amides is 1. The maximum absolute atomic E-state index is 13.4. The lowest BCUT2D eigenvalue weighted by atomic mass is 10.2. The van der Waals surface area contributed by atoms with E-state index in [0.717, 1.165) is 5.56 Å². The molecule has 1 amide bonds. The van der Waals surface area contributed by atoms with Crippen molar-refractivity contribution in [3.63, 3.8) is 0 Å². The summed E-state index contributed by atoms with van der Waals surface area (Å²) in [5.74, 6) is 1.64. The molecule has 0 aliphatic carbocycles. The number of carbonyl (C=O) groups is 1. The number of benzene rings is 1. The number of methoxy groups -OCH3 is 1. The van der Waals surface area contributed by atoms with Gasteiger partial charge in [0.05, 0.1) is 12.4 Å². The van der Waals surface area contributed by atoms with Crippen LogP contribution >= 0.6 is 11.8 Å². The Morgan fingerprint density at radius 1 is 1.48 bits per heavy atom. The van der Waals surface area contributed by atoms with Gasteiger partial charge in [0.15, 0.2) is 5.82 Å². The molecule has 2 rings (SSSR count). The number of thioether (sulfide) groups is 1. The molecule has 0 saturated heterocycles. The lowest BCUT2D eigenvalue weighted by Crippen LogP contribution is -2.24. The molecule has 1 atom stereocenters. The molecule has 1 heterocycles. The van der Waals surface area contributed by atoms with E-state index >= 15 is 0 Å². The number of halogens is 1.